The maximum Gasteiger partial charge on any atom is 0.290 e. The molecule has 4 heteroatoms. The Morgan fingerprint density at radius 3 is 2.23 bits per heavy atom. The van der Waals surface area contributed by atoms with Crippen LogP contribution in [0.5, 0.6) is 0 Å². The lowest BCUT2D eigenvalue weighted by Gasteiger charge is -1.98. The molecule has 0 bridgehead atoms. The monoisotopic (exact) mass is 181 g/mol. The lowest BCUT2D eigenvalue weighted by molar-refractivity contribution is -0.123. The molecule has 70 valence electrons. The molecule has 0 unspecified atom stereocenters. The highest BCUT2D eigenvalue weighted by atomic mass is 16.3. The van der Waals surface area contributed by atoms with Crippen molar-refractivity contribution < 1.29 is 14.7 Å². The van der Waals surface area contributed by atoms with E-state index >= 15 is 0 Å². The van der Waals surface area contributed by atoms with E-state index in [4.69, 9.17) is 9.90 Å². The first kappa shape index (κ1) is 11.2. The van der Waals surface area contributed by atoms with Crippen LogP contribution in [-0.2, 0) is 9.59 Å². The van der Waals surface area contributed by atoms with Crippen LogP contribution in [-0.4, -0.2) is 17.5 Å². The Balaban J connectivity index is 0.000000424. The van der Waals surface area contributed by atoms with Gasteiger partial charge in [-0.25, -0.2) is 0 Å². The summed E-state index contributed by atoms with van der Waals surface area (Å²) in [4.78, 5) is 18.9. The van der Waals surface area contributed by atoms with Gasteiger partial charge < -0.3 is 10.4 Å². The lowest BCUT2D eigenvalue weighted by atomic mass is 10.3. The summed E-state index contributed by atoms with van der Waals surface area (Å²) in [6.07, 6.45) is 0. The van der Waals surface area contributed by atoms with Gasteiger partial charge in [0.25, 0.3) is 6.47 Å². The van der Waals surface area contributed by atoms with Crippen LogP contribution in [0.2, 0.25) is 0 Å². The van der Waals surface area contributed by atoms with Crippen molar-refractivity contribution in [3.63, 3.8) is 0 Å². The Labute approximate surface area is 76.2 Å². The van der Waals surface area contributed by atoms with Gasteiger partial charge in [0.05, 0.1) is 0 Å². The first-order chi connectivity index (χ1) is 6.20. The van der Waals surface area contributed by atoms with Crippen molar-refractivity contribution in [1.82, 2.24) is 0 Å². The second kappa shape index (κ2) is 6.84. The van der Waals surface area contributed by atoms with E-state index < -0.39 is 0 Å². The third kappa shape index (κ3) is 6.55. The number of para-hydroxylation sites is 1. The zero-order chi connectivity index (χ0) is 10.1. The van der Waals surface area contributed by atoms with Crippen LogP contribution in [0.25, 0.3) is 0 Å². The number of hydrogen-bond donors (Lipinski definition) is 2. The van der Waals surface area contributed by atoms with Gasteiger partial charge in [-0.3, -0.25) is 9.59 Å². The van der Waals surface area contributed by atoms with E-state index in [0.717, 1.165) is 5.69 Å². The Morgan fingerprint density at radius 1 is 1.38 bits per heavy atom. The average molecular weight is 181 g/mol. The number of anilines is 1. The van der Waals surface area contributed by atoms with Crippen molar-refractivity contribution in [2.75, 3.05) is 5.32 Å². The number of benzene rings is 1. The van der Waals surface area contributed by atoms with Gasteiger partial charge in [0.2, 0.25) is 5.91 Å². The Kier molecular flexibility index (Phi) is 5.88. The van der Waals surface area contributed by atoms with E-state index in [-0.39, 0.29) is 12.4 Å². The molecular formula is C9H11NO3. The first-order valence-corrected chi connectivity index (χ1v) is 3.61. The molecule has 0 aliphatic carbocycles. The van der Waals surface area contributed by atoms with Crippen LogP contribution in [0.4, 0.5) is 5.69 Å². The fourth-order valence-corrected chi connectivity index (χ4v) is 0.725. The van der Waals surface area contributed by atoms with Crippen LogP contribution < -0.4 is 5.32 Å². The highest BCUT2D eigenvalue weighted by Crippen LogP contribution is 2.03. The maximum atomic E-state index is 10.5. The molecule has 1 amide bonds. The van der Waals surface area contributed by atoms with Crippen molar-refractivity contribution in [3.05, 3.63) is 30.3 Å². The van der Waals surface area contributed by atoms with Crippen LogP contribution in [0.15, 0.2) is 30.3 Å². The van der Waals surface area contributed by atoms with Gasteiger partial charge >= 0.3 is 0 Å². The fourth-order valence-electron chi connectivity index (χ4n) is 0.725. The number of carbonyl (C=O) groups is 2. The highest BCUT2D eigenvalue weighted by Gasteiger charge is 1.90. The molecule has 0 fully saturated rings. The molecule has 0 aromatic heterocycles. The molecule has 0 saturated heterocycles. The largest absolute Gasteiger partial charge is 0.483 e. The number of hydrogen-bond acceptors (Lipinski definition) is 2. The van der Waals surface area contributed by atoms with Crippen molar-refractivity contribution >= 4 is 18.1 Å². The molecule has 0 aliphatic rings. The van der Waals surface area contributed by atoms with Crippen LogP contribution in [0.1, 0.15) is 6.92 Å². The van der Waals surface area contributed by atoms with Crippen molar-refractivity contribution in [2.45, 2.75) is 6.92 Å². The summed E-state index contributed by atoms with van der Waals surface area (Å²) >= 11 is 0. The van der Waals surface area contributed by atoms with E-state index in [0.29, 0.717) is 0 Å². The van der Waals surface area contributed by atoms with E-state index in [1.807, 2.05) is 30.3 Å². The predicted molar refractivity (Wildman–Crippen MR) is 49.4 cm³/mol. The predicted octanol–water partition coefficient (Wildman–Crippen LogP) is 1.35. The average Bonchev–Trinajstić information content (AvgIpc) is 2.06. The molecule has 0 radical (unpaired) electrons. The molecule has 1 rings (SSSR count). The molecule has 13 heavy (non-hydrogen) atoms. The number of amides is 1. The molecule has 0 heterocycles. The Morgan fingerprint density at radius 2 is 1.85 bits per heavy atom. The minimum atomic E-state index is -0.250. The SMILES string of the molecule is CC(=O)Nc1ccccc1.O=CO. The van der Waals surface area contributed by atoms with E-state index in [1.165, 1.54) is 6.92 Å². The molecule has 0 atom stereocenters. The third-order valence-corrected chi connectivity index (χ3v) is 1.09. The van der Waals surface area contributed by atoms with Gasteiger partial charge in [0.15, 0.2) is 0 Å². The van der Waals surface area contributed by atoms with Crippen LogP contribution >= 0.6 is 0 Å². The van der Waals surface area contributed by atoms with Crippen molar-refractivity contribution in [2.24, 2.45) is 0 Å². The van der Waals surface area contributed by atoms with Gasteiger partial charge in [-0.2, -0.15) is 0 Å². The zero-order valence-electron chi connectivity index (χ0n) is 7.23. The van der Waals surface area contributed by atoms with Gasteiger partial charge in [0, 0.05) is 12.6 Å². The summed E-state index contributed by atoms with van der Waals surface area (Å²) in [6.45, 7) is 1.24. The second-order valence-corrected chi connectivity index (χ2v) is 2.15. The molecule has 0 saturated carbocycles. The molecule has 0 aliphatic heterocycles. The van der Waals surface area contributed by atoms with Crippen molar-refractivity contribution in [1.29, 1.82) is 0 Å². The normalized spacial score (nSPS) is 7.77. The Bertz CT molecular complexity index is 259. The van der Waals surface area contributed by atoms with E-state index in [2.05, 4.69) is 5.32 Å². The van der Waals surface area contributed by atoms with Gasteiger partial charge in [-0.15, -0.1) is 0 Å². The van der Waals surface area contributed by atoms with E-state index in [9.17, 15) is 4.79 Å². The minimum Gasteiger partial charge on any atom is -0.483 e. The molecule has 1 aromatic carbocycles. The fraction of sp³-hybridized carbons (Fsp3) is 0.111. The summed E-state index contributed by atoms with van der Waals surface area (Å²) < 4.78 is 0. The number of nitrogens with one attached hydrogen (secondary N) is 1. The summed E-state index contributed by atoms with van der Waals surface area (Å²) in [5.74, 6) is -0.0359. The molecular weight excluding hydrogens is 170 g/mol. The number of rotatable bonds is 1. The zero-order valence-corrected chi connectivity index (χ0v) is 7.23. The standard InChI is InChI=1S/C8H9NO.CH2O2/c1-7(10)9-8-5-3-2-4-6-8;2-1-3/h2-6H,1H3,(H,9,10);1H,(H,2,3). The smallest absolute Gasteiger partial charge is 0.290 e. The summed E-state index contributed by atoms with van der Waals surface area (Å²) in [7, 11) is 0. The van der Waals surface area contributed by atoms with E-state index in [1.54, 1.807) is 0 Å². The van der Waals surface area contributed by atoms with Gasteiger partial charge in [-0.05, 0) is 12.1 Å². The minimum absolute atomic E-state index is 0.0359. The van der Waals surface area contributed by atoms with Crippen LogP contribution in [0.3, 0.4) is 0 Å². The van der Waals surface area contributed by atoms with Crippen LogP contribution in [0, 0.1) is 0 Å². The molecule has 0 spiro atoms. The highest BCUT2D eigenvalue weighted by molar-refractivity contribution is 5.88. The summed E-state index contributed by atoms with van der Waals surface area (Å²) in [5, 5.41) is 9.55. The second-order valence-electron chi connectivity index (χ2n) is 2.15. The van der Waals surface area contributed by atoms with Gasteiger partial charge in [0.1, 0.15) is 0 Å². The Hall–Kier alpha value is -1.84. The first-order valence-electron chi connectivity index (χ1n) is 3.61. The topological polar surface area (TPSA) is 66.4 Å². The molecule has 1 aromatic rings. The quantitative estimate of drug-likeness (QED) is 0.642. The number of carbonyl (C=O) groups excluding carboxylic acids is 1. The maximum absolute atomic E-state index is 10.5. The molecule has 4 nitrogen and oxygen atoms in total. The third-order valence-electron chi connectivity index (χ3n) is 1.09. The summed E-state index contributed by atoms with van der Waals surface area (Å²) in [5.41, 5.74) is 0.843. The van der Waals surface area contributed by atoms with Gasteiger partial charge in [-0.1, -0.05) is 18.2 Å². The lowest BCUT2D eigenvalue weighted by Crippen LogP contribution is -2.04. The number of carboxylic acid groups (broad SMARTS) is 1. The molecule has 2 N–H and O–H groups in total. The van der Waals surface area contributed by atoms with Crippen molar-refractivity contribution in [3.8, 4) is 0 Å². The summed E-state index contributed by atoms with van der Waals surface area (Å²) in [6, 6.07) is 9.37.